The minimum atomic E-state index is 0.656. The van der Waals surface area contributed by atoms with Gasteiger partial charge in [-0.2, -0.15) is 0 Å². The Morgan fingerprint density at radius 3 is 1.52 bits per heavy atom. The van der Waals surface area contributed by atoms with E-state index in [0.717, 1.165) is 94.7 Å². The number of nitrogens with zero attached hydrogens (tertiary/aromatic N) is 5. The highest BCUT2D eigenvalue weighted by Crippen LogP contribution is 2.37. The van der Waals surface area contributed by atoms with Crippen molar-refractivity contribution in [1.29, 1.82) is 0 Å². The summed E-state index contributed by atoms with van der Waals surface area (Å²) in [6.45, 7) is 0. The van der Waals surface area contributed by atoms with Gasteiger partial charge in [-0.15, -0.1) is 0 Å². The van der Waals surface area contributed by atoms with E-state index in [0.29, 0.717) is 5.82 Å². The van der Waals surface area contributed by atoms with E-state index in [9.17, 15) is 0 Å². The minimum Gasteiger partial charge on any atom is -0.264 e. The van der Waals surface area contributed by atoms with E-state index in [-0.39, 0.29) is 0 Å². The van der Waals surface area contributed by atoms with Crippen LogP contribution in [0.5, 0.6) is 0 Å². The summed E-state index contributed by atoms with van der Waals surface area (Å²) in [4.78, 5) is 25.0. The fraction of sp³-hybridized carbons (Fsp3) is 0. The fourth-order valence-corrected chi connectivity index (χ4v) is 7.34. The van der Waals surface area contributed by atoms with Gasteiger partial charge in [0.25, 0.3) is 0 Å². The molecule has 6 aromatic carbocycles. The lowest BCUT2D eigenvalue weighted by Crippen LogP contribution is -1.96. The number of fused-ring (bicyclic) bond motifs is 3. The molecule has 0 fully saturated rings. The summed E-state index contributed by atoms with van der Waals surface area (Å²) in [6, 6.07) is 64.9. The van der Waals surface area contributed by atoms with Crippen LogP contribution in [0.2, 0.25) is 0 Å². The Labute approximate surface area is 324 Å². The number of rotatable bonds is 7. The first-order valence-corrected chi connectivity index (χ1v) is 18.7. The van der Waals surface area contributed by atoms with Crippen LogP contribution in [0.3, 0.4) is 0 Å². The lowest BCUT2D eigenvalue weighted by atomic mass is 9.96. The maximum absolute atomic E-state index is 5.33. The standard InChI is InChI=1S/C51H33N5/c1-4-13-34(14-5-1)44-31-46(35-15-6-2-7-16-35)54-50-43(44)26-24-37-25-27-45(53-49(37)50)40-21-10-19-38(29-40)39-20-11-22-41(30-39)51-55-47(36-17-8-3-9-18-36)32-48(56-51)42-23-12-28-52-33-42/h1-33H. The molecule has 0 aliphatic rings. The van der Waals surface area contributed by atoms with Gasteiger partial charge in [0.2, 0.25) is 0 Å². The van der Waals surface area contributed by atoms with Gasteiger partial charge in [0.15, 0.2) is 5.82 Å². The van der Waals surface area contributed by atoms with E-state index < -0.39 is 0 Å². The van der Waals surface area contributed by atoms with Crippen molar-refractivity contribution in [2.75, 3.05) is 0 Å². The molecule has 4 aromatic heterocycles. The molecule has 262 valence electrons. The molecule has 5 nitrogen and oxygen atoms in total. The van der Waals surface area contributed by atoms with Crippen LogP contribution in [0.15, 0.2) is 200 Å². The molecule has 56 heavy (non-hydrogen) atoms. The van der Waals surface area contributed by atoms with E-state index in [1.54, 1.807) is 6.20 Å². The zero-order valence-electron chi connectivity index (χ0n) is 30.3. The highest BCUT2D eigenvalue weighted by molar-refractivity contribution is 6.09. The lowest BCUT2D eigenvalue weighted by Gasteiger charge is -2.13. The molecule has 0 spiro atoms. The Hall–Kier alpha value is -7.63. The summed E-state index contributed by atoms with van der Waals surface area (Å²) in [6.07, 6.45) is 3.62. The highest BCUT2D eigenvalue weighted by Gasteiger charge is 2.15. The second kappa shape index (κ2) is 14.3. The lowest BCUT2D eigenvalue weighted by molar-refractivity contribution is 1.18. The predicted molar refractivity (Wildman–Crippen MR) is 228 cm³/mol. The Bertz CT molecular complexity index is 2950. The van der Waals surface area contributed by atoms with Gasteiger partial charge in [0.05, 0.1) is 33.8 Å². The number of pyridine rings is 3. The van der Waals surface area contributed by atoms with E-state index >= 15 is 0 Å². The van der Waals surface area contributed by atoms with Crippen LogP contribution in [0.25, 0.3) is 100 Å². The summed E-state index contributed by atoms with van der Waals surface area (Å²) in [5.74, 6) is 0.656. The van der Waals surface area contributed by atoms with Crippen LogP contribution < -0.4 is 0 Å². The maximum atomic E-state index is 5.33. The summed E-state index contributed by atoms with van der Waals surface area (Å²) in [7, 11) is 0. The molecule has 0 radical (unpaired) electrons. The maximum Gasteiger partial charge on any atom is 0.160 e. The van der Waals surface area contributed by atoms with Crippen molar-refractivity contribution in [2.24, 2.45) is 0 Å². The highest BCUT2D eigenvalue weighted by atomic mass is 14.9. The summed E-state index contributed by atoms with van der Waals surface area (Å²) < 4.78 is 0. The van der Waals surface area contributed by atoms with Crippen LogP contribution in [-0.4, -0.2) is 24.9 Å². The predicted octanol–water partition coefficient (Wildman–Crippen LogP) is 12.6. The zero-order valence-corrected chi connectivity index (χ0v) is 30.3. The van der Waals surface area contributed by atoms with Gasteiger partial charge in [-0.3, -0.25) is 4.98 Å². The van der Waals surface area contributed by atoms with Crippen LogP contribution in [0.4, 0.5) is 0 Å². The average Bonchev–Trinajstić information content (AvgIpc) is 3.29. The molecule has 0 amide bonds. The third-order valence-electron chi connectivity index (χ3n) is 10.2. The Kier molecular flexibility index (Phi) is 8.43. The van der Waals surface area contributed by atoms with Gasteiger partial charge in [0, 0.05) is 51.0 Å². The largest absolute Gasteiger partial charge is 0.264 e. The van der Waals surface area contributed by atoms with Gasteiger partial charge in [-0.1, -0.05) is 146 Å². The van der Waals surface area contributed by atoms with Gasteiger partial charge in [-0.05, 0) is 64.7 Å². The van der Waals surface area contributed by atoms with Crippen LogP contribution in [-0.2, 0) is 0 Å². The van der Waals surface area contributed by atoms with Gasteiger partial charge in [0.1, 0.15) is 0 Å². The van der Waals surface area contributed by atoms with Crippen molar-refractivity contribution in [3.05, 3.63) is 200 Å². The third kappa shape index (κ3) is 6.37. The van der Waals surface area contributed by atoms with E-state index in [1.807, 2.05) is 48.7 Å². The normalized spacial score (nSPS) is 11.2. The van der Waals surface area contributed by atoms with E-state index in [4.69, 9.17) is 19.9 Å². The van der Waals surface area contributed by atoms with Crippen molar-refractivity contribution in [2.45, 2.75) is 0 Å². The second-order valence-corrected chi connectivity index (χ2v) is 13.7. The van der Waals surface area contributed by atoms with Gasteiger partial charge in [-0.25, -0.2) is 19.9 Å². The van der Waals surface area contributed by atoms with Gasteiger partial charge < -0.3 is 0 Å². The molecule has 0 saturated heterocycles. The quantitative estimate of drug-likeness (QED) is 0.154. The van der Waals surface area contributed by atoms with Crippen LogP contribution in [0, 0.1) is 0 Å². The minimum absolute atomic E-state index is 0.656. The fourth-order valence-electron chi connectivity index (χ4n) is 7.34. The molecular weight excluding hydrogens is 683 g/mol. The molecule has 0 atom stereocenters. The van der Waals surface area contributed by atoms with Crippen LogP contribution >= 0.6 is 0 Å². The zero-order chi connectivity index (χ0) is 37.3. The first kappa shape index (κ1) is 33.0. The molecule has 0 aliphatic heterocycles. The van der Waals surface area contributed by atoms with Gasteiger partial charge >= 0.3 is 0 Å². The Morgan fingerprint density at radius 1 is 0.304 bits per heavy atom. The molecule has 0 bridgehead atoms. The Morgan fingerprint density at radius 2 is 0.839 bits per heavy atom. The molecular formula is C51H33N5. The van der Waals surface area contributed by atoms with Crippen molar-refractivity contribution in [3.8, 4) is 78.7 Å². The summed E-state index contributed by atoms with van der Waals surface area (Å²) in [5.41, 5.74) is 14.7. The van der Waals surface area contributed by atoms with Crippen molar-refractivity contribution in [1.82, 2.24) is 24.9 Å². The van der Waals surface area contributed by atoms with E-state index in [2.05, 4.69) is 151 Å². The first-order chi connectivity index (χ1) is 27.7. The first-order valence-electron chi connectivity index (χ1n) is 18.7. The molecule has 0 unspecified atom stereocenters. The average molecular weight is 716 g/mol. The smallest absolute Gasteiger partial charge is 0.160 e. The Balaban J connectivity index is 1.07. The number of hydrogen-bond acceptors (Lipinski definition) is 5. The summed E-state index contributed by atoms with van der Waals surface area (Å²) in [5, 5.41) is 2.12. The number of hydrogen-bond donors (Lipinski definition) is 0. The van der Waals surface area contributed by atoms with Crippen LogP contribution in [0.1, 0.15) is 0 Å². The molecule has 0 N–H and O–H groups in total. The molecule has 10 aromatic rings. The third-order valence-corrected chi connectivity index (χ3v) is 10.2. The second-order valence-electron chi connectivity index (χ2n) is 13.7. The molecule has 0 saturated carbocycles. The molecule has 10 rings (SSSR count). The topological polar surface area (TPSA) is 64.5 Å². The molecule has 0 aliphatic carbocycles. The molecule has 5 heteroatoms. The van der Waals surface area contributed by atoms with Crippen molar-refractivity contribution in [3.63, 3.8) is 0 Å². The van der Waals surface area contributed by atoms with Crippen molar-refractivity contribution < 1.29 is 0 Å². The molecule has 4 heterocycles. The SMILES string of the molecule is c1ccc(-c2cc(-c3cccnc3)nc(-c3cccc(-c4cccc(-c5ccc6ccc7c(-c8ccccc8)cc(-c8ccccc8)nc7c6n5)c4)c3)n2)cc1. The monoisotopic (exact) mass is 715 g/mol. The van der Waals surface area contributed by atoms with Crippen molar-refractivity contribution >= 4 is 21.8 Å². The number of benzene rings is 6. The summed E-state index contributed by atoms with van der Waals surface area (Å²) >= 11 is 0. The van der Waals surface area contributed by atoms with E-state index in [1.165, 1.54) is 0 Å². The number of aromatic nitrogens is 5.